The van der Waals surface area contributed by atoms with E-state index in [1.165, 1.54) is 0 Å². The number of aromatic nitrogens is 2. The van der Waals surface area contributed by atoms with Gasteiger partial charge in [0.15, 0.2) is 5.82 Å². The first kappa shape index (κ1) is 11.8. The first-order valence-corrected chi connectivity index (χ1v) is 6.56. The van der Waals surface area contributed by atoms with E-state index in [0.29, 0.717) is 15.9 Å². The van der Waals surface area contributed by atoms with Crippen molar-refractivity contribution in [1.29, 1.82) is 0 Å². The van der Waals surface area contributed by atoms with E-state index < -0.39 is 0 Å². The Bertz CT molecular complexity index is 566. The van der Waals surface area contributed by atoms with Crippen molar-refractivity contribution in [2.24, 2.45) is 0 Å². The molecule has 0 bridgehead atoms. The van der Waals surface area contributed by atoms with Crippen LogP contribution < -0.4 is 5.32 Å². The number of rotatable bonds is 2. The van der Waals surface area contributed by atoms with Crippen LogP contribution in [0.5, 0.6) is 0 Å². The fourth-order valence-corrected chi connectivity index (χ4v) is 2.43. The largest absolute Gasteiger partial charge is 0.334 e. The maximum absolute atomic E-state index is 13.9. The average Bonchev–Trinajstić information content (AvgIpc) is 3.01. The maximum Gasteiger partial charge on any atom is 0.260 e. The highest BCUT2D eigenvalue weighted by molar-refractivity contribution is 9.10. The lowest BCUT2D eigenvalue weighted by Crippen LogP contribution is -2.14. The summed E-state index contributed by atoms with van der Waals surface area (Å²) in [6.07, 6.45) is 2.08. The molecular weight excluding hydrogens is 301 g/mol. The number of halogens is 2. The molecule has 4 nitrogen and oxygen atoms in total. The second-order valence-electron chi connectivity index (χ2n) is 4.21. The predicted octanol–water partition coefficient (Wildman–Crippen LogP) is 3.06. The molecule has 0 spiro atoms. The molecule has 2 aromatic rings. The highest BCUT2D eigenvalue weighted by Crippen LogP contribution is 2.28. The van der Waals surface area contributed by atoms with Gasteiger partial charge < -0.3 is 9.84 Å². The molecule has 1 N–H and O–H groups in total. The van der Waals surface area contributed by atoms with E-state index in [0.717, 1.165) is 19.4 Å². The molecule has 1 fully saturated rings. The molecule has 94 valence electrons. The number of hydrogen-bond acceptors (Lipinski definition) is 4. The van der Waals surface area contributed by atoms with E-state index in [9.17, 15) is 4.39 Å². The van der Waals surface area contributed by atoms with E-state index in [-0.39, 0.29) is 17.7 Å². The Morgan fingerprint density at radius 3 is 3.11 bits per heavy atom. The zero-order valence-electron chi connectivity index (χ0n) is 9.49. The number of nitrogens with zero attached hydrogens (tertiary/aromatic N) is 2. The molecule has 1 aromatic carbocycles. The summed E-state index contributed by atoms with van der Waals surface area (Å²) in [5.41, 5.74) is 0.320. The molecule has 0 radical (unpaired) electrons. The second kappa shape index (κ2) is 4.78. The van der Waals surface area contributed by atoms with E-state index in [2.05, 4.69) is 31.4 Å². The van der Waals surface area contributed by atoms with Gasteiger partial charge >= 0.3 is 0 Å². The highest BCUT2D eigenvalue weighted by atomic mass is 79.9. The minimum atomic E-state index is -0.382. The fraction of sp³-hybridized carbons (Fsp3) is 0.333. The van der Waals surface area contributed by atoms with Crippen molar-refractivity contribution in [3.8, 4) is 11.5 Å². The summed E-state index contributed by atoms with van der Waals surface area (Å²) in [6.45, 7) is 0.958. The van der Waals surface area contributed by atoms with Crippen LogP contribution in [-0.2, 0) is 0 Å². The highest BCUT2D eigenvalue weighted by Gasteiger charge is 2.23. The van der Waals surface area contributed by atoms with Crippen LogP contribution in [0.2, 0.25) is 0 Å². The lowest BCUT2D eigenvalue weighted by atomic mass is 10.2. The lowest BCUT2D eigenvalue weighted by molar-refractivity contribution is 0.410. The summed E-state index contributed by atoms with van der Waals surface area (Å²) >= 11 is 3.14. The normalized spacial score (nSPS) is 19.3. The van der Waals surface area contributed by atoms with Crippen LogP contribution in [0.1, 0.15) is 24.7 Å². The smallest absolute Gasteiger partial charge is 0.260 e. The van der Waals surface area contributed by atoms with Crippen molar-refractivity contribution >= 4 is 15.9 Å². The van der Waals surface area contributed by atoms with Gasteiger partial charge in [-0.3, -0.25) is 0 Å². The molecule has 1 atom stereocenters. The quantitative estimate of drug-likeness (QED) is 0.926. The number of nitrogens with one attached hydrogen (secondary N) is 1. The molecule has 0 amide bonds. The van der Waals surface area contributed by atoms with Gasteiger partial charge in [0.1, 0.15) is 5.82 Å². The van der Waals surface area contributed by atoms with Crippen molar-refractivity contribution in [2.75, 3.05) is 6.54 Å². The van der Waals surface area contributed by atoms with Gasteiger partial charge in [0.05, 0.1) is 16.1 Å². The Hall–Kier alpha value is -1.27. The van der Waals surface area contributed by atoms with E-state index >= 15 is 0 Å². The van der Waals surface area contributed by atoms with Gasteiger partial charge in [0.2, 0.25) is 0 Å². The Kier molecular flexibility index (Phi) is 3.13. The third kappa shape index (κ3) is 2.06. The van der Waals surface area contributed by atoms with Crippen molar-refractivity contribution in [3.63, 3.8) is 0 Å². The molecule has 1 aliphatic rings. The van der Waals surface area contributed by atoms with E-state index in [1.54, 1.807) is 18.2 Å². The van der Waals surface area contributed by atoms with Crippen LogP contribution in [0, 0.1) is 5.82 Å². The first-order chi connectivity index (χ1) is 8.75. The molecule has 0 aliphatic carbocycles. The Morgan fingerprint density at radius 2 is 2.33 bits per heavy atom. The van der Waals surface area contributed by atoms with Gasteiger partial charge in [0, 0.05) is 0 Å². The Labute approximate surface area is 112 Å². The zero-order chi connectivity index (χ0) is 12.5. The van der Waals surface area contributed by atoms with Gasteiger partial charge in [0.25, 0.3) is 5.89 Å². The van der Waals surface area contributed by atoms with Gasteiger partial charge in [-0.05, 0) is 47.4 Å². The summed E-state index contributed by atoms with van der Waals surface area (Å²) in [4.78, 5) is 4.26. The molecule has 2 heterocycles. The minimum absolute atomic E-state index is 0.123. The molecule has 3 rings (SSSR count). The third-order valence-corrected chi connectivity index (χ3v) is 3.61. The first-order valence-electron chi connectivity index (χ1n) is 5.77. The molecule has 18 heavy (non-hydrogen) atoms. The second-order valence-corrected chi connectivity index (χ2v) is 5.06. The number of hydrogen-bond donors (Lipinski definition) is 1. The van der Waals surface area contributed by atoms with Crippen LogP contribution in [0.15, 0.2) is 27.2 Å². The Balaban J connectivity index is 1.95. The lowest BCUT2D eigenvalue weighted by Gasteiger charge is -2.02. The van der Waals surface area contributed by atoms with E-state index in [4.69, 9.17) is 4.52 Å². The van der Waals surface area contributed by atoms with Gasteiger partial charge in [-0.25, -0.2) is 4.39 Å². The molecule has 6 heteroatoms. The van der Waals surface area contributed by atoms with Gasteiger partial charge in [-0.15, -0.1) is 0 Å². The minimum Gasteiger partial charge on any atom is -0.334 e. The summed E-state index contributed by atoms with van der Waals surface area (Å²) in [7, 11) is 0. The van der Waals surface area contributed by atoms with Crippen LogP contribution in [0.25, 0.3) is 11.5 Å². The third-order valence-electron chi connectivity index (χ3n) is 3.00. The van der Waals surface area contributed by atoms with Crippen molar-refractivity contribution in [3.05, 3.63) is 34.3 Å². The molecule has 1 saturated heterocycles. The van der Waals surface area contributed by atoms with Gasteiger partial charge in [-0.2, -0.15) is 4.98 Å². The average molecular weight is 312 g/mol. The zero-order valence-corrected chi connectivity index (χ0v) is 11.1. The predicted molar refractivity (Wildman–Crippen MR) is 67.4 cm³/mol. The fourth-order valence-electron chi connectivity index (χ4n) is 2.06. The molecule has 0 saturated carbocycles. The summed E-state index contributed by atoms with van der Waals surface area (Å²) in [6, 6.07) is 5.12. The molecule has 1 unspecified atom stereocenters. The Morgan fingerprint density at radius 1 is 1.44 bits per heavy atom. The van der Waals surface area contributed by atoms with Crippen LogP contribution in [-0.4, -0.2) is 16.7 Å². The van der Waals surface area contributed by atoms with Crippen LogP contribution in [0.3, 0.4) is 0 Å². The topological polar surface area (TPSA) is 51.0 Å². The van der Waals surface area contributed by atoms with Crippen molar-refractivity contribution in [2.45, 2.75) is 18.9 Å². The molecular formula is C12H11BrFN3O. The summed E-state index contributed by atoms with van der Waals surface area (Å²) < 4.78 is 19.4. The van der Waals surface area contributed by atoms with Crippen LogP contribution in [0.4, 0.5) is 4.39 Å². The van der Waals surface area contributed by atoms with Crippen molar-refractivity contribution < 1.29 is 8.91 Å². The van der Waals surface area contributed by atoms with Crippen molar-refractivity contribution in [1.82, 2.24) is 15.5 Å². The van der Waals surface area contributed by atoms with E-state index in [1.807, 2.05) is 0 Å². The SMILES string of the molecule is Fc1c(Br)cccc1-c1nc(C2CCCN2)no1. The van der Waals surface area contributed by atoms with Crippen LogP contribution >= 0.6 is 15.9 Å². The molecule has 1 aromatic heterocycles. The summed E-state index contributed by atoms with van der Waals surface area (Å²) in [5, 5.41) is 7.19. The maximum atomic E-state index is 13.9. The summed E-state index contributed by atoms with van der Waals surface area (Å²) in [5.74, 6) is 0.437. The molecule has 1 aliphatic heterocycles. The van der Waals surface area contributed by atoms with Gasteiger partial charge in [-0.1, -0.05) is 11.2 Å². The standard InChI is InChI=1S/C12H11BrFN3O/c13-8-4-1-3-7(10(8)14)12-16-11(17-18-12)9-5-2-6-15-9/h1,3-4,9,15H,2,5-6H2. The number of benzene rings is 1. The monoisotopic (exact) mass is 311 g/mol.